The second kappa shape index (κ2) is 4.52. The van der Waals surface area contributed by atoms with E-state index in [-0.39, 0.29) is 11.5 Å². The molecule has 2 aromatic rings. The van der Waals surface area contributed by atoms with Crippen LogP contribution >= 0.6 is 0 Å². The molecule has 0 saturated carbocycles. The molecular weight excluding hydrogens is 292 g/mol. The van der Waals surface area contributed by atoms with E-state index in [1.54, 1.807) is 35.0 Å². The normalized spacial score (nSPS) is 24.3. The minimum atomic E-state index is -3.04. The van der Waals surface area contributed by atoms with E-state index >= 15 is 0 Å². The van der Waals surface area contributed by atoms with Crippen molar-refractivity contribution in [3.05, 3.63) is 24.2 Å². The fraction of sp³-hybridized carbons (Fsp3) is 0.462. The molecule has 2 aromatic heterocycles. The molecule has 3 rings (SSSR count). The summed E-state index contributed by atoms with van der Waals surface area (Å²) in [5, 5.41) is 8.52. The third-order valence-corrected chi connectivity index (χ3v) is 5.77. The molecule has 1 saturated heterocycles. The van der Waals surface area contributed by atoms with Crippen LogP contribution in [0.2, 0.25) is 0 Å². The van der Waals surface area contributed by atoms with Gasteiger partial charge in [-0.1, -0.05) is 0 Å². The fourth-order valence-electron chi connectivity index (χ4n) is 2.69. The molecule has 1 fully saturated rings. The summed E-state index contributed by atoms with van der Waals surface area (Å²) in [5.41, 5.74) is 1.11. The van der Waals surface area contributed by atoms with Crippen molar-refractivity contribution in [1.82, 2.24) is 19.6 Å². The molecule has 8 heteroatoms. The van der Waals surface area contributed by atoms with Crippen LogP contribution in [0, 0.1) is 0 Å². The largest absolute Gasteiger partial charge is 0.298 e. The summed E-state index contributed by atoms with van der Waals surface area (Å²) in [6, 6.07) is 0. The standard InChI is InChI=1S/C13H16N4O3S/c1-13(3-4-21(19,20)9-13)17-7-11(8-18)12(15-17)10-5-14-16(2)6-10/h5-8H,3-4,9H2,1-2H3. The average Bonchev–Trinajstić information content (AvgIpc) is 3.07. The molecule has 1 aliphatic heterocycles. The van der Waals surface area contributed by atoms with Crippen LogP contribution in [0.25, 0.3) is 11.3 Å². The summed E-state index contributed by atoms with van der Waals surface area (Å²) in [5.74, 6) is 0.203. The maximum absolute atomic E-state index is 11.7. The Hall–Kier alpha value is -1.96. The zero-order valence-electron chi connectivity index (χ0n) is 11.9. The van der Waals surface area contributed by atoms with Crippen molar-refractivity contribution in [1.29, 1.82) is 0 Å². The monoisotopic (exact) mass is 308 g/mol. The predicted octanol–water partition coefficient (Wildman–Crippen LogP) is 0.630. The number of rotatable bonds is 3. The number of hydrogen-bond donors (Lipinski definition) is 0. The van der Waals surface area contributed by atoms with Gasteiger partial charge in [0.1, 0.15) is 5.69 Å². The molecule has 0 radical (unpaired) electrons. The van der Waals surface area contributed by atoms with Gasteiger partial charge in [0.2, 0.25) is 0 Å². The van der Waals surface area contributed by atoms with Crippen molar-refractivity contribution < 1.29 is 13.2 Å². The van der Waals surface area contributed by atoms with Crippen LogP contribution in [0.3, 0.4) is 0 Å². The molecule has 0 spiro atoms. The minimum Gasteiger partial charge on any atom is -0.298 e. The van der Waals surface area contributed by atoms with Crippen molar-refractivity contribution in [3.8, 4) is 11.3 Å². The lowest BCUT2D eigenvalue weighted by Gasteiger charge is -2.22. The van der Waals surface area contributed by atoms with Crippen LogP contribution in [0.1, 0.15) is 23.7 Å². The highest BCUT2D eigenvalue weighted by Crippen LogP contribution is 2.32. The Morgan fingerprint density at radius 1 is 1.38 bits per heavy atom. The van der Waals surface area contributed by atoms with E-state index in [4.69, 9.17) is 0 Å². The molecule has 1 atom stereocenters. The van der Waals surface area contributed by atoms with Crippen LogP contribution in [-0.2, 0) is 22.4 Å². The molecular formula is C13H16N4O3S. The Morgan fingerprint density at radius 2 is 2.14 bits per heavy atom. The third kappa shape index (κ3) is 2.39. The maximum atomic E-state index is 11.7. The molecule has 1 aliphatic rings. The molecule has 0 amide bonds. The van der Waals surface area contributed by atoms with Gasteiger partial charge in [0, 0.05) is 25.0 Å². The smallest absolute Gasteiger partial charge is 0.153 e. The Labute approximate surface area is 122 Å². The Morgan fingerprint density at radius 3 is 2.67 bits per heavy atom. The van der Waals surface area contributed by atoms with Crippen LogP contribution in [0.15, 0.2) is 18.6 Å². The Balaban J connectivity index is 2.06. The van der Waals surface area contributed by atoms with Gasteiger partial charge in [0.15, 0.2) is 16.1 Å². The van der Waals surface area contributed by atoms with E-state index in [0.29, 0.717) is 17.7 Å². The summed E-state index contributed by atoms with van der Waals surface area (Å²) in [6.45, 7) is 1.85. The second-order valence-corrected chi connectivity index (χ2v) is 7.92. The van der Waals surface area contributed by atoms with Gasteiger partial charge in [-0.15, -0.1) is 0 Å². The lowest BCUT2D eigenvalue weighted by Crippen LogP contribution is -2.31. The van der Waals surface area contributed by atoms with Gasteiger partial charge >= 0.3 is 0 Å². The predicted molar refractivity (Wildman–Crippen MR) is 76.7 cm³/mol. The molecule has 7 nitrogen and oxygen atoms in total. The van der Waals surface area contributed by atoms with E-state index in [0.717, 1.165) is 11.8 Å². The average molecular weight is 308 g/mol. The molecule has 21 heavy (non-hydrogen) atoms. The number of aryl methyl sites for hydroxylation is 1. The first-order valence-corrected chi connectivity index (χ1v) is 8.40. The summed E-state index contributed by atoms with van der Waals surface area (Å²) in [4.78, 5) is 11.3. The number of hydrogen-bond acceptors (Lipinski definition) is 5. The van der Waals surface area contributed by atoms with E-state index < -0.39 is 15.4 Å². The van der Waals surface area contributed by atoms with Crippen LogP contribution in [0.5, 0.6) is 0 Å². The highest BCUT2D eigenvalue weighted by Gasteiger charge is 2.41. The molecule has 0 bridgehead atoms. The second-order valence-electron chi connectivity index (χ2n) is 5.74. The van der Waals surface area contributed by atoms with Gasteiger partial charge < -0.3 is 0 Å². The quantitative estimate of drug-likeness (QED) is 0.776. The number of carbonyl (C=O) groups is 1. The van der Waals surface area contributed by atoms with Crippen molar-refractivity contribution in [2.75, 3.05) is 11.5 Å². The van der Waals surface area contributed by atoms with Crippen LogP contribution in [-0.4, -0.2) is 45.8 Å². The maximum Gasteiger partial charge on any atom is 0.153 e. The van der Waals surface area contributed by atoms with E-state index in [2.05, 4.69) is 10.2 Å². The number of sulfone groups is 1. The highest BCUT2D eigenvalue weighted by molar-refractivity contribution is 7.91. The number of nitrogens with zero attached hydrogens (tertiary/aromatic N) is 4. The van der Waals surface area contributed by atoms with Crippen molar-refractivity contribution in [2.45, 2.75) is 18.9 Å². The van der Waals surface area contributed by atoms with Gasteiger partial charge in [0.25, 0.3) is 0 Å². The van der Waals surface area contributed by atoms with Crippen LogP contribution < -0.4 is 0 Å². The van der Waals surface area contributed by atoms with Gasteiger partial charge in [-0.25, -0.2) is 8.42 Å². The molecule has 0 aromatic carbocycles. The van der Waals surface area contributed by atoms with Crippen molar-refractivity contribution >= 4 is 16.1 Å². The van der Waals surface area contributed by atoms with Crippen molar-refractivity contribution in [2.24, 2.45) is 7.05 Å². The Kier molecular flexibility index (Phi) is 3.01. The first-order valence-electron chi connectivity index (χ1n) is 6.58. The lowest BCUT2D eigenvalue weighted by molar-refractivity contribution is 0.112. The molecule has 0 aliphatic carbocycles. The van der Waals surface area contributed by atoms with Gasteiger partial charge in [0.05, 0.1) is 28.8 Å². The van der Waals surface area contributed by atoms with Crippen LogP contribution in [0.4, 0.5) is 0 Å². The molecule has 1 unspecified atom stereocenters. The SMILES string of the molecule is Cn1cc(-c2nn(C3(C)CCS(=O)(=O)C3)cc2C=O)cn1. The number of aromatic nitrogens is 4. The summed E-state index contributed by atoms with van der Waals surface area (Å²) >= 11 is 0. The van der Waals surface area contributed by atoms with Gasteiger partial charge in [-0.05, 0) is 13.3 Å². The molecule has 3 heterocycles. The minimum absolute atomic E-state index is 0.0481. The highest BCUT2D eigenvalue weighted by atomic mass is 32.2. The molecule has 112 valence electrons. The Bertz CT molecular complexity index is 805. The zero-order valence-corrected chi connectivity index (χ0v) is 12.7. The first kappa shape index (κ1) is 14.0. The molecule has 0 N–H and O–H groups in total. The zero-order chi connectivity index (χ0) is 15.3. The van der Waals surface area contributed by atoms with E-state index in [1.807, 2.05) is 6.92 Å². The lowest BCUT2D eigenvalue weighted by atomic mass is 10.0. The summed E-state index contributed by atoms with van der Waals surface area (Å²) in [7, 11) is -1.25. The third-order valence-electron chi connectivity index (χ3n) is 3.88. The first-order chi connectivity index (χ1) is 9.83. The van der Waals surface area contributed by atoms with E-state index in [1.165, 1.54) is 0 Å². The van der Waals surface area contributed by atoms with Gasteiger partial charge in [-0.3, -0.25) is 14.2 Å². The topological polar surface area (TPSA) is 86.9 Å². The van der Waals surface area contributed by atoms with Gasteiger partial charge in [-0.2, -0.15) is 10.2 Å². The van der Waals surface area contributed by atoms with Crippen molar-refractivity contribution in [3.63, 3.8) is 0 Å². The number of aldehydes is 1. The number of carbonyl (C=O) groups excluding carboxylic acids is 1. The summed E-state index contributed by atoms with van der Waals surface area (Å²) in [6.07, 6.45) is 6.26. The fourth-order valence-corrected chi connectivity index (χ4v) is 4.81. The summed E-state index contributed by atoms with van der Waals surface area (Å²) < 4.78 is 26.7. The van der Waals surface area contributed by atoms with E-state index in [9.17, 15) is 13.2 Å².